The maximum Gasteiger partial charge on any atom is 0.191 e. The van der Waals surface area contributed by atoms with Gasteiger partial charge in [0.1, 0.15) is 0 Å². The number of hydrogen-bond acceptors (Lipinski definition) is 3. The first kappa shape index (κ1) is 20.7. The molecule has 5 nitrogen and oxygen atoms in total. The van der Waals surface area contributed by atoms with Crippen LogP contribution in [0, 0.1) is 0 Å². The van der Waals surface area contributed by atoms with Crippen LogP contribution in [0.15, 0.2) is 53.8 Å². The Morgan fingerprint density at radius 1 is 1.15 bits per heavy atom. The van der Waals surface area contributed by atoms with Crippen LogP contribution in [0.1, 0.15) is 18.4 Å². The molecule has 0 aliphatic carbocycles. The fraction of sp³-hybridized carbons (Fsp3) is 0.368. The molecule has 0 saturated heterocycles. The summed E-state index contributed by atoms with van der Waals surface area (Å²) in [5, 5.41) is 7.88. The number of fused-ring (bicyclic) bond motifs is 1. The van der Waals surface area contributed by atoms with Crippen molar-refractivity contribution in [1.82, 2.24) is 20.2 Å². The van der Waals surface area contributed by atoms with Gasteiger partial charge in [-0.3, -0.25) is 4.99 Å². The van der Waals surface area contributed by atoms with Crippen LogP contribution in [-0.2, 0) is 13.0 Å². The van der Waals surface area contributed by atoms with Crippen LogP contribution in [-0.4, -0.2) is 35.1 Å². The molecular formula is C19H26IN5S. The number of halogens is 1. The van der Waals surface area contributed by atoms with Gasteiger partial charge in [0.25, 0.3) is 0 Å². The van der Waals surface area contributed by atoms with Crippen molar-refractivity contribution in [1.29, 1.82) is 0 Å². The minimum absolute atomic E-state index is 0. The van der Waals surface area contributed by atoms with Crippen LogP contribution in [0.25, 0.3) is 10.2 Å². The number of aromatic nitrogens is 2. The zero-order chi connectivity index (χ0) is 17.3. The third-order valence-electron chi connectivity index (χ3n) is 3.83. The number of benzene rings is 1. The van der Waals surface area contributed by atoms with E-state index in [1.165, 1.54) is 9.71 Å². The number of thiazole rings is 1. The molecule has 140 valence electrons. The molecule has 0 atom stereocenters. The highest BCUT2D eigenvalue weighted by atomic mass is 127. The van der Waals surface area contributed by atoms with Gasteiger partial charge in [-0.25, -0.2) is 4.98 Å². The molecule has 0 unspecified atom stereocenters. The fourth-order valence-electron chi connectivity index (χ4n) is 2.61. The molecule has 0 spiro atoms. The monoisotopic (exact) mass is 483 g/mol. The SMILES string of the molecule is CCNC(=NCCCc1nc2ccccc2s1)NCCn1cccc1.I. The van der Waals surface area contributed by atoms with Crippen molar-refractivity contribution in [2.24, 2.45) is 4.99 Å². The second-order valence-corrected chi connectivity index (χ2v) is 6.90. The molecule has 0 saturated carbocycles. The Kier molecular flexibility index (Phi) is 8.90. The molecule has 1 aromatic carbocycles. The van der Waals surface area contributed by atoms with Crippen LogP contribution < -0.4 is 10.6 Å². The first-order valence-electron chi connectivity index (χ1n) is 8.82. The van der Waals surface area contributed by atoms with E-state index in [-0.39, 0.29) is 24.0 Å². The smallest absolute Gasteiger partial charge is 0.191 e. The lowest BCUT2D eigenvalue weighted by Gasteiger charge is -2.11. The van der Waals surface area contributed by atoms with E-state index in [1.54, 1.807) is 11.3 Å². The number of aliphatic imine (C=N–C) groups is 1. The molecule has 3 aromatic rings. The maximum atomic E-state index is 4.68. The Morgan fingerprint density at radius 3 is 2.73 bits per heavy atom. The first-order chi connectivity index (χ1) is 12.3. The van der Waals surface area contributed by atoms with Crippen LogP contribution in [0.5, 0.6) is 0 Å². The molecule has 0 aliphatic heterocycles. The molecule has 0 fully saturated rings. The number of para-hydroxylation sites is 1. The third-order valence-corrected chi connectivity index (χ3v) is 4.93. The highest BCUT2D eigenvalue weighted by molar-refractivity contribution is 14.0. The van der Waals surface area contributed by atoms with E-state index in [2.05, 4.69) is 62.7 Å². The summed E-state index contributed by atoms with van der Waals surface area (Å²) in [7, 11) is 0. The average Bonchev–Trinajstić information content (AvgIpc) is 3.27. The largest absolute Gasteiger partial charge is 0.357 e. The molecule has 0 bridgehead atoms. The number of nitrogens with one attached hydrogen (secondary N) is 2. The molecule has 2 N–H and O–H groups in total. The quantitative estimate of drug-likeness (QED) is 0.221. The van der Waals surface area contributed by atoms with Gasteiger partial charge in [0.15, 0.2) is 5.96 Å². The predicted octanol–water partition coefficient (Wildman–Crippen LogP) is 3.90. The lowest BCUT2D eigenvalue weighted by atomic mass is 10.3. The molecular weight excluding hydrogens is 457 g/mol. The van der Waals surface area contributed by atoms with Crippen molar-refractivity contribution in [2.75, 3.05) is 19.6 Å². The van der Waals surface area contributed by atoms with E-state index in [1.807, 2.05) is 18.2 Å². The first-order valence-corrected chi connectivity index (χ1v) is 9.64. The van der Waals surface area contributed by atoms with Gasteiger partial charge >= 0.3 is 0 Å². The van der Waals surface area contributed by atoms with Gasteiger partial charge in [0, 0.05) is 45.0 Å². The van der Waals surface area contributed by atoms with Crippen molar-refractivity contribution in [3.8, 4) is 0 Å². The second kappa shape index (κ2) is 11.2. The lowest BCUT2D eigenvalue weighted by molar-refractivity contribution is 0.664. The Balaban J connectivity index is 0.00000243. The van der Waals surface area contributed by atoms with Crippen molar-refractivity contribution >= 4 is 51.5 Å². The summed E-state index contributed by atoms with van der Waals surface area (Å²) in [5.41, 5.74) is 1.10. The lowest BCUT2D eigenvalue weighted by Crippen LogP contribution is -2.38. The zero-order valence-electron chi connectivity index (χ0n) is 15.0. The van der Waals surface area contributed by atoms with Crippen molar-refractivity contribution in [3.05, 3.63) is 53.8 Å². The van der Waals surface area contributed by atoms with Crippen molar-refractivity contribution < 1.29 is 0 Å². The summed E-state index contributed by atoms with van der Waals surface area (Å²) >= 11 is 1.79. The van der Waals surface area contributed by atoms with E-state index in [0.717, 1.165) is 50.5 Å². The molecule has 2 heterocycles. The molecule has 3 rings (SSSR count). The Bertz CT molecular complexity index is 764. The summed E-state index contributed by atoms with van der Waals surface area (Å²) in [5.74, 6) is 0.888. The topological polar surface area (TPSA) is 54.2 Å². The van der Waals surface area contributed by atoms with E-state index in [9.17, 15) is 0 Å². The molecule has 26 heavy (non-hydrogen) atoms. The van der Waals surface area contributed by atoms with Gasteiger partial charge in [-0.15, -0.1) is 35.3 Å². The number of nitrogens with zero attached hydrogens (tertiary/aromatic N) is 3. The van der Waals surface area contributed by atoms with Gasteiger partial charge < -0.3 is 15.2 Å². The minimum atomic E-state index is 0. The molecule has 2 aromatic heterocycles. The highest BCUT2D eigenvalue weighted by Gasteiger charge is 2.03. The molecule has 7 heteroatoms. The van der Waals surface area contributed by atoms with Gasteiger partial charge in [0.05, 0.1) is 15.2 Å². The van der Waals surface area contributed by atoms with Crippen LogP contribution in [0.3, 0.4) is 0 Å². The fourth-order valence-corrected chi connectivity index (χ4v) is 3.62. The number of guanidine groups is 1. The van der Waals surface area contributed by atoms with Crippen molar-refractivity contribution in [3.63, 3.8) is 0 Å². The summed E-state index contributed by atoms with van der Waals surface area (Å²) in [6, 6.07) is 12.4. The van der Waals surface area contributed by atoms with E-state index in [4.69, 9.17) is 0 Å². The standard InChI is InChI=1S/C19H25N5S.HI/c1-2-20-19(22-12-15-24-13-5-6-14-24)21-11-7-10-18-23-16-8-3-4-9-17(16)25-18;/h3-6,8-9,13-14H,2,7,10-12,15H2,1H3,(H2,20,21,22);1H. The van der Waals surface area contributed by atoms with E-state index in [0.29, 0.717) is 0 Å². The Morgan fingerprint density at radius 2 is 1.96 bits per heavy atom. The third kappa shape index (κ3) is 6.28. The summed E-state index contributed by atoms with van der Waals surface area (Å²) in [6.45, 7) is 5.55. The molecule has 0 aliphatic rings. The van der Waals surface area contributed by atoms with E-state index < -0.39 is 0 Å². The number of hydrogen-bond donors (Lipinski definition) is 2. The Hall–Kier alpha value is -1.61. The van der Waals surface area contributed by atoms with Crippen LogP contribution in [0.4, 0.5) is 0 Å². The average molecular weight is 483 g/mol. The predicted molar refractivity (Wildman–Crippen MR) is 122 cm³/mol. The van der Waals surface area contributed by atoms with Crippen LogP contribution in [0.2, 0.25) is 0 Å². The van der Waals surface area contributed by atoms with Gasteiger partial charge in [-0.2, -0.15) is 0 Å². The number of rotatable bonds is 8. The highest BCUT2D eigenvalue weighted by Crippen LogP contribution is 2.22. The van der Waals surface area contributed by atoms with Crippen LogP contribution >= 0.6 is 35.3 Å². The van der Waals surface area contributed by atoms with Gasteiger partial charge in [-0.1, -0.05) is 12.1 Å². The number of aryl methyl sites for hydroxylation is 1. The molecule has 0 radical (unpaired) electrons. The maximum absolute atomic E-state index is 4.68. The van der Waals surface area contributed by atoms with Crippen molar-refractivity contribution in [2.45, 2.75) is 26.3 Å². The summed E-state index contributed by atoms with van der Waals surface area (Å²) in [4.78, 5) is 9.34. The van der Waals surface area contributed by atoms with E-state index >= 15 is 0 Å². The van der Waals surface area contributed by atoms with Gasteiger partial charge in [-0.05, 0) is 37.6 Å². The minimum Gasteiger partial charge on any atom is -0.357 e. The summed E-state index contributed by atoms with van der Waals surface area (Å²) in [6.07, 6.45) is 6.13. The normalized spacial score (nSPS) is 11.3. The zero-order valence-corrected chi connectivity index (χ0v) is 18.2. The summed E-state index contributed by atoms with van der Waals surface area (Å²) < 4.78 is 3.42. The second-order valence-electron chi connectivity index (χ2n) is 5.79. The Labute approximate surface area is 176 Å². The molecule has 0 amide bonds. The van der Waals surface area contributed by atoms with Gasteiger partial charge in [0.2, 0.25) is 0 Å².